The normalized spacial score (nSPS) is 10.3. The molecule has 0 unspecified atom stereocenters. The molecule has 1 nitrogen and oxygen atoms in total. The van der Waals surface area contributed by atoms with E-state index in [4.69, 9.17) is 0 Å². The molecule has 1 aromatic heterocycles. The van der Waals surface area contributed by atoms with Gasteiger partial charge in [-0.2, -0.15) is 4.39 Å². The van der Waals surface area contributed by atoms with Crippen molar-refractivity contribution >= 4 is 0 Å². The first-order valence-corrected chi connectivity index (χ1v) is 5.01. The van der Waals surface area contributed by atoms with Gasteiger partial charge in [0.25, 0.3) is 0 Å². The summed E-state index contributed by atoms with van der Waals surface area (Å²) in [6.45, 7) is 2.08. The Labute approximate surface area is 88.6 Å². The molecule has 0 radical (unpaired) electrons. The summed E-state index contributed by atoms with van der Waals surface area (Å²) in [4.78, 5) is 3.64. The molecule has 1 heterocycles. The fourth-order valence-corrected chi connectivity index (χ4v) is 1.56. The molecule has 2 heteroatoms. The van der Waals surface area contributed by atoms with Gasteiger partial charge in [-0.25, -0.2) is 4.98 Å². The first kappa shape index (κ1) is 9.84. The lowest BCUT2D eigenvalue weighted by Gasteiger charge is -2.04. The molecule has 2 aromatic rings. The van der Waals surface area contributed by atoms with Crippen LogP contribution in [0.2, 0.25) is 0 Å². The molecule has 0 aliphatic rings. The van der Waals surface area contributed by atoms with Crippen LogP contribution in [0, 0.1) is 5.95 Å². The van der Waals surface area contributed by atoms with Crippen molar-refractivity contribution in [1.29, 1.82) is 0 Å². The zero-order valence-corrected chi connectivity index (χ0v) is 8.57. The van der Waals surface area contributed by atoms with E-state index in [1.54, 1.807) is 12.1 Å². The smallest absolute Gasteiger partial charge is 0.220 e. The molecule has 0 spiro atoms. The monoisotopic (exact) mass is 201 g/mol. The fraction of sp³-hybridized carbons (Fsp3) is 0.154. The lowest BCUT2D eigenvalue weighted by Crippen LogP contribution is -1.88. The number of aryl methyl sites for hydroxylation is 1. The van der Waals surface area contributed by atoms with Gasteiger partial charge in [-0.1, -0.05) is 31.2 Å². The van der Waals surface area contributed by atoms with Crippen molar-refractivity contribution in [2.45, 2.75) is 13.3 Å². The van der Waals surface area contributed by atoms with E-state index < -0.39 is 5.95 Å². The van der Waals surface area contributed by atoms with Crippen LogP contribution in [0.5, 0.6) is 0 Å². The summed E-state index contributed by atoms with van der Waals surface area (Å²) in [5, 5.41) is 0. The largest absolute Gasteiger partial charge is 0.228 e. The number of rotatable bonds is 2. The predicted octanol–water partition coefficient (Wildman–Crippen LogP) is 3.45. The molecule has 76 valence electrons. The van der Waals surface area contributed by atoms with Gasteiger partial charge in [0.2, 0.25) is 5.95 Å². The topological polar surface area (TPSA) is 12.9 Å². The lowest BCUT2D eigenvalue weighted by molar-refractivity contribution is 0.587. The van der Waals surface area contributed by atoms with Crippen molar-refractivity contribution < 1.29 is 4.39 Å². The first-order chi connectivity index (χ1) is 7.31. The third kappa shape index (κ3) is 2.04. The second kappa shape index (κ2) is 4.22. The Balaban J connectivity index is 2.49. The summed E-state index contributed by atoms with van der Waals surface area (Å²) < 4.78 is 13.4. The molecule has 0 N–H and O–H groups in total. The van der Waals surface area contributed by atoms with Gasteiger partial charge in [0.05, 0.1) is 0 Å². The van der Waals surface area contributed by atoms with Crippen LogP contribution in [-0.4, -0.2) is 4.98 Å². The van der Waals surface area contributed by atoms with Gasteiger partial charge in [0.15, 0.2) is 0 Å². The van der Waals surface area contributed by atoms with E-state index in [0.717, 1.165) is 12.0 Å². The maximum Gasteiger partial charge on any atom is 0.220 e. The van der Waals surface area contributed by atoms with Gasteiger partial charge < -0.3 is 0 Å². The molecule has 0 aliphatic carbocycles. The Hall–Kier alpha value is -1.70. The highest BCUT2D eigenvalue weighted by atomic mass is 19.1. The van der Waals surface area contributed by atoms with E-state index in [-0.39, 0.29) is 0 Å². The number of hydrogen-bond donors (Lipinski definition) is 0. The number of aromatic nitrogens is 1. The van der Waals surface area contributed by atoms with Crippen LogP contribution in [0.3, 0.4) is 0 Å². The van der Waals surface area contributed by atoms with Gasteiger partial charge in [-0.3, -0.25) is 0 Å². The summed E-state index contributed by atoms with van der Waals surface area (Å²) in [5.41, 5.74) is 2.66. The third-order valence-electron chi connectivity index (χ3n) is 2.41. The molecule has 0 fully saturated rings. The minimum atomic E-state index is -0.411. The second-order valence-corrected chi connectivity index (χ2v) is 3.40. The lowest BCUT2D eigenvalue weighted by atomic mass is 10.0. The Morgan fingerprint density at radius 1 is 1.20 bits per heavy atom. The average molecular weight is 201 g/mol. The fourth-order valence-electron chi connectivity index (χ4n) is 1.56. The average Bonchev–Trinajstić information content (AvgIpc) is 2.30. The summed E-state index contributed by atoms with van der Waals surface area (Å²) >= 11 is 0. The van der Waals surface area contributed by atoms with E-state index in [0.29, 0.717) is 5.56 Å². The summed E-state index contributed by atoms with van der Waals surface area (Å²) in [5.74, 6) is -0.411. The predicted molar refractivity (Wildman–Crippen MR) is 59.0 cm³/mol. The Morgan fingerprint density at radius 3 is 2.80 bits per heavy atom. The highest BCUT2D eigenvalue weighted by Gasteiger charge is 2.04. The molecule has 15 heavy (non-hydrogen) atoms. The zero-order valence-electron chi connectivity index (χ0n) is 8.57. The Bertz CT molecular complexity index is 466. The molecule has 0 bridgehead atoms. The molecule has 2 rings (SSSR count). The van der Waals surface area contributed by atoms with Crippen LogP contribution < -0.4 is 0 Å². The van der Waals surface area contributed by atoms with Crippen molar-refractivity contribution in [1.82, 2.24) is 4.98 Å². The van der Waals surface area contributed by atoms with Crippen LogP contribution in [0.15, 0.2) is 42.6 Å². The Kier molecular flexibility index (Phi) is 2.77. The van der Waals surface area contributed by atoms with E-state index >= 15 is 0 Å². The van der Waals surface area contributed by atoms with Gasteiger partial charge in [0.1, 0.15) is 0 Å². The van der Waals surface area contributed by atoms with Crippen molar-refractivity contribution in [3.05, 3.63) is 54.1 Å². The maximum absolute atomic E-state index is 13.4. The molecule has 0 amide bonds. The molecule has 1 aromatic carbocycles. The number of halogens is 1. The van der Waals surface area contributed by atoms with Crippen molar-refractivity contribution in [3.8, 4) is 11.1 Å². The summed E-state index contributed by atoms with van der Waals surface area (Å²) in [7, 11) is 0. The van der Waals surface area contributed by atoms with Crippen LogP contribution in [-0.2, 0) is 6.42 Å². The minimum absolute atomic E-state index is 0.411. The zero-order chi connectivity index (χ0) is 10.7. The quantitative estimate of drug-likeness (QED) is 0.678. The highest BCUT2D eigenvalue weighted by molar-refractivity contribution is 5.63. The van der Waals surface area contributed by atoms with Crippen molar-refractivity contribution in [3.63, 3.8) is 0 Å². The molecule has 0 atom stereocenters. The number of nitrogens with zero attached hydrogens (tertiary/aromatic N) is 1. The van der Waals surface area contributed by atoms with Crippen molar-refractivity contribution in [2.75, 3.05) is 0 Å². The summed E-state index contributed by atoms with van der Waals surface area (Å²) in [6.07, 6.45) is 2.41. The number of pyridine rings is 1. The molecular weight excluding hydrogens is 189 g/mol. The Morgan fingerprint density at radius 2 is 2.07 bits per heavy atom. The third-order valence-corrected chi connectivity index (χ3v) is 2.41. The van der Waals surface area contributed by atoms with Crippen LogP contribution in [0.1, 0.15) is 12.5 Å². The van der Waals surface area contributed by atoms with E-state index in [2.05, 4.69) is 11.9 Å². The highest BCUT2D eigenvalue weighted by Crippen LogP contribution is 2.22. The molecule has 0 saturated heterocycles. The standard InChI is InChI=1S/C13H12FN/c1-2-10-5-3-6-11(9-10)12-7-4-8-15-13(12)14/h3-9H,2H2,1H3. The van der Waals surface area contributed by atoms with Crippen molar-refractivity contribution in [2.24, 2.45) is 0 Å². The van der Waals surface area contributed by atoms with E-state index in [1.807, 2.05) is 24.3 Å². The number of benzene rings is 1. The van der Waals surface area contributed by atoms with Gasteiger partial charge >= 0.3 is 0 Å². The SMILES string of the molecule is CCc1cccc(-c2cccnc2F)c1. The van der Waals surface area contributed by atoms with E-state index in [9.17, 15) is 4.39 Å². The van der Waals surface area contributed by atoms with Crippen LogP contribution >= 0.6 is 0 Å². The van der Waals surface area contributed by atoms with Gasteiger partial charge in [-0.05, 0) is 29.7 Å². The number of hydrogen-bond acceptors (Lipinski definition) is 1. The maximum atomic E-state index is 13.4. The second-order valence-electron chi connectivity index (χ2n) is 3.40. The first-order valence-electron chi connectivity index (χ1n) is 5.01. The minimum Gasteiger partial charge on any atom is -0.228 e. The molecule has 0 saturated carbocycles. The molecule has 0 aliphatic heterocycles. The van der Waals surface area contributed by atoms with E-state index in [1.165, 1.54) is 11.8 Å². The van der Waals surface area contributed by atoms with Crippen LogP contribution in [0.4, 0.5) is 4.39 Å². The van der Waals surface area contributed by atoms with Gasteiger partial charge in [-0.15, -0.1) is 0 Å². The summed E-state index contributed by atoms with van der Waals surface area (Å²) in [6, 6.07) is 11.4. The van der Waals surface area contributed by atoms with Gasteiger partial charge in [0, 0.05) is 11.8 Å². The molecular formula is C13H12FN. The van der Waals surface area contributed by atoms with Crippen LogP contribution in [0.25, 0.3) is 11.1 Å².